The van der Waals surface area contributed by atoms with Gasteiger partial charge in [-0.25, -0.2) is 0 Å². The van der Waals surface area contributed by atoms with E-state index in [4.69, 9.17) is 0 Å². The van der Waals surface area contributed by atoms with Crippen LogP contribution in [0.5, 0.6) is 0 Å². The standard InChI is InChI=1S/C21H25N5O/c1-2-24(18-8-4-3-5-9-18)16-20(27)25-14-11-17(12-15-25)21-23-22-19-10-6-7-13-26(19)21/h3-10,13,17H,2,11-12,14-16H2,1H3. The number of para-hydroxylation sites is 1. The van der Waals surface area contributed by atoms with Crippen LogP contribution in [-0.2, 0) is 4.79 Å². The fourth-order valence-corrected chi connectivity index (χ4v) is 3.81. The summed E-state index contributed by atoms with van der Waals surface area (Å²) in [5.41, 5.74) is 1.98. The summed E-state index contributed by atoms with van der Waals surface area (Å²) in [6.45, 7) is 4.88. The summed E-state index contributed by atoms with van der Waals surface area (Å²) in [5, 5.41) is 8.65. The van der Waals surface area contributed by atoms with Gasteiger partial charge < -0.3 is 9.80 Å². The number of amides is 1. The van der Waals surface area contributed by atoms with E-state index in [1.54, 1.807) is 0 Å². The monoisotopic (exact) mass is 363 g/mol. The van der Waals surface area contributed by atoms with Crippen molar-refractivity contribution in [2.45, 2.75) is 25.7 Å². The van der Waals surface area contributed by atoms with Crippen LogP contribution in [0.3, 0.4) is 0 Å². The number of rotatable bonds is 5. The van der Waals surface area contributed by atoms with Crippen molar-refractivity contribution in [2.24, 2.45) is 0 Å². The summed E-state index contributed by atoms with van der Waals surface area (Å²) in [4.78, 5) is 16.9. The second-order valence-electron chi connectivity index (χ2n) is 6.99. The van der Waals surface area contributed by atoms with E-state index in [0.717, 1.165) is 49.6 Å². The van der Waals surface area contributed by atoms with Crippen LogP contribution in [0.1, 0.15) is 31.5 Å². The van der Waals surface area contributed by atoms with Crippen LogP contribution >= 0.6 is 0 Å². The Morgan fingerprint density at radius 2 is 1.81 bits per heavy atom. The predicted molar refractivity (Wildman–Crippen MR) is 106 cm³/mol. The number of pyridine rings is 1. The minimum absolute atomic E-state index is 0.199. The summed E-state index contributed by atoms with van der Waals surface area (Å²) in [6, 6.07) is 16.1. The normalized spacial score (nSPS) is 15.2. The van der Waals surface area contributed by atoms with E-state index in [2.05, 4.69) is 38.6 Å². The first-order valence-corrected chi connectivity index (χ1v) is 9.63. The fourth-order valence-electron chi connectivity index (χ4n) is 3.81. The van der Waals surface area contributed by atoms with Crippen molar-refractivity contribution in [3.8, 4) is 0 Å². The molecule has 0 saturated carbocycles. The molecular formula is C21H25N5O. The third-order valence-corrected chi connectivity index (χ3v) is 5.38. The van der Waals surface area contributed by atoms with E-state index in [-0.39, 0.29) is 5.91 Å². The van der Waals surface area contributed by atoms with Gasteiger partial charge >= 0.3 is 0 Å². The van der Waals surface area contributed by atoms with Gasteiger partial charge in [-0.2, -0.15) is 0 Å². The number of carbonyl (C=O) groups excluding carboxylic acids is 1. The fraction of sp³-hybridized carbons (Fsp3) is 0.381. The van der Waals surface area contributed by atoms with Gasteiger partial charge in [0.05, 0.1) is 6.54 Å². The molecule has 0 atom stereocenters. The van der Waals surface area contributed by atoms with Crippen molar-refractivity contribution in [3.63, 3.8) is 0 Å². The molecule has 4 rings (SSSR count). The van der Waals surface area contributed by atoms with Gasteiger partial charge in [0.25, 0.3) is 0 Å². The lowest BCUT2D eigenvalue weighted by Gasteiger charge is -2.33. The molecule has 140 valence electrons. The number of likely N-dealkylation sites (tertiary alicyclic amines) is 1. The highest BCUT2D eigenvalue weighted by atomic mass is 16.2. The highest BCUT2D eigenvalue weighted by Crippen LogP contribution is 2.27. The van der Waals surface area contributed by atoms with Crippen LogP contribution in [0.15, 0.2) is 54.7 Å². The summed E-state index contributed by atoms with van der Waals surface area (Å²) in [7, 11) is 0. The third kappa shape index (κ3) is 3.65. The molecule has 1 amide bonds. The Morgan fingerprint density at radius 1 is 1.07 bits per heavy atom. The molecular weight excluding hydrogens is 338 g/mol. The maximum absolute atomic E-state index is 12.8. The molecule has 1 aliphatic heterocycles. The molecule has 0 bridgehead atoms. The van der Waals surface area contributed by atoms with Crippen molar-refractivity contribution in [2.75, 3.05) is 31.1 Å². The average molecular weight is 363 g/mol. The van der Waals surface area contributed by atoms with E-state index in [9.17, 15) is 4.79 Å². The number of benzene rings is 1. The largest absolute Gasteiger partial charge is 0.362 e. The molecule has 1 fully saturated rings. The van der Waals surface area contributed by atoms with Gasteiger partial charge in [-0.05, 0) is 44.0 Å². The molecule has 0 aliphatic carbocycles. The molecule has 1 aromatic carbocycles. The van der Waals surface area contributed by atoms with Gasteiger partial charge in [-0.15, -0.1) is 10.2 Å². The maximum atomic E-state index is 12.8. The minimum Gasteiger partial charge on any atom is -0.362 e. The molecule has 0 radical (unpaired) electrons. The van der Waals surface area contributed by atoms with Crippen molar-refractivity contribution < 1.29 is 4.79 Å². The number of hydrogen-bond acceptors (Lipinski definition) is 4. The van der Waals surface area contributed by atoms with Gasteiger partial charge in [0.15, 0.2) is 5.65 Å². The van der Waals surface area contributed by atoms with Crippen LogP contribution in [0.25, 0.3) is 5.65 Å². The second-order valence-corrected chi connectivity index (χ2v) is 6.99. The minimum atomic E-state index is 0.199. The molecule has 2 aromatic heterocycles. The first kappa shape index (κ1) is 17.5. The van der Waals surface area contributed by atoms with Crippen LogP contribution < -0.4 is 4.90 Å². The molecule has 27 heavy (non-hydrogen) atoms. The third-order valence-electron chi connectivity index (χ3n) is 5.38. The highest BCUT2D eigenvalue weighted by molar-refractivity contribution is 5.81. The number of nitrogens with zero attached hydrogens (tertiary/aromatic N) is 5. The van der Waals surface area contributed by atoms with Crippen LogP contribution in [0.4, 0.5) is 5.69 Å². The van der Waals surface area contributed by atoms with Gasteiger partial charge in [0.2, 0.25) is 5.91 Å². The first-order chi connectivity index (χ1) is 13.3. The number of piperidine rings is 1. The lowest BCUT2D eigenvalue weighted by molar-refractivity contribution is -0.130. The summed E-state index contributed by atoms with van der Waals surface area (Å²) in [6.07, 6.45) is 3.87. The Bertz CT molecular complexity index is 899. The van der Waals surface area contributed by atoms with Crippen LogP contribution in [-0.4, -0.2) is 51.6 Å². The van der Waals surface area contributed by atoms with Gasteiger partial charge in [-0.1, -0.05) is 24.3 Å². The topological polar surface area (TPSA) is 53.7 Å². The zero-order chi connectivity index (χ0) is 18.6. The number of anilines is 1. The summed E-state index contributed by atoms with van der Waals surface area (Å²) >= 11 is 0. The number of likely N-dealkylation sites (N-methyl/N-ethyl adjacent to an activating group) is 1. The molecule has 0 unspecified atom stereocenters. The lowest BCUT2D eigenvalue weighted by Crippen LogP contribution is -2.44. The lowest BCUT2D eigenvalue weighted by atomic mass is 9.96. The first-order valence-electron chi connectivity index (χ1n) is 9.63. The smallest absolute Gasteiger partial charge is 0.242 e. The zero-order valence-electron chi connectivity index (χ0n) is 15.7. The summed E-state index contributed by atoms with van der Waals surface area (Å²) in [5.74, 6) is 1.56. The van der Waals surface area contributed by atoms with E-state index >= 15 is 0 Å². The Morgan fingerprint density at radius 3 is 2.56 bits per heavy atom. The molecule has 3 heterocycles. The maximum Gasteiger partial charge on any atom is 0.242 e. The van der Waals surface area contributed by atoms with Crippen molar-refractivity contribution in [1.29, 1.82) is 0 Å². The van der Waals surface area contributed by atoms with E-state index in [1.165, 1.54) is 0 Å². The van der Waals surface area contributed by atoms with E-state index < -0.39 is 0 Å². The Kier molecular flexibility index (Phi) is 5.05. The van der Waals surface area contributed by atoms with E-state index in [0.29, 0.717) is 12.5 Å². The summed E-state index contributed by atoms with van der Waals surface area (Å²) < 4.78 is 2.07. The Labute approximate surface area is 159 Å². The van der Waals surface area contributed by atoms with Crippen LogP contribution in [0.2, 0.25) is 0 Å². The molecule has 3 aromatic rings. The zero-order valence-corrected chi connectivity index (χ0v) is 15.7. The number of hydrogen-bond donors (Lipinski definition) is 0. The van der Waals surface area contributed by atoms with Crippen molar-refractivity contribution in [3.05, 3.63) is 60.6 Å². The van der Waals surface area contributed by atoms with Gasteiger partial charge in [-0.3, -0.25) is 9.20 Å². The molecule has 6 nitrogen and oxygen atoms in total. The van der Waals surface area contributed by atoms with E-state index in [1.807, 2.05) is 47.5 Å². The van der Waals surface area contributed by atoms with Crippen molar-refractivity contribution in [1.82, 2.24) is 19.5 Å². The second kappa shape index (κ2) is 7.78. The molecule has 1 saturated heterocycles. The Balaban J connectivity index is 1.38. The van der Waals surface area contributed by atoms with Gasteiger partial charge in [0.1, 0.15) is 5.82 Å². The Hall–Kier alpha value is -2.89. The highest BCUT2D eigenvalue weighted by Gasteiger charge is 2.27. The van der Waals surface area contributed by atoms with Crippen molar-refractivity contribution >= 4 is 17.2 Å². The number of aromatic nitrogens is 3. The molecule has 1 aliphatic rings. The molecule has 0 spiro atoms. The van der Waals surface area contributed by atoms with Crippen LogP contribution in [0, 0.1) is 0 Å². The molecule has 6 heteroatoms. The van der Waals surface area contributed by atoms with Gasteiger partial charge in [0, 0.05) is 37.4 Å². The number of carbonyl (C=O) groups is 1. The average Bonchev–Trinajstić information content (AvgIpc) is 3.17. The SMILES string of the molecule is CCN(CC(=O)N1CCC(c2nnc3ccccn23)CC1)c1ccccc1. The predicted octanol–water partition coefficient (Wildman–Crippen LogP) is 2.96. The quantitative estimate of drug-likeness (QED) is 0.699. The molecule has 0 N–H and O–H groups in total. The number of fused-ring (bicyclic) bond motifs is 1.